The van der Waals surface area contributed by atoms with Crippen LogP contribution in [-0.2, 0) is 6.67 Å². The van der Waals surface area contributed by atoms with Crippen LogP contribution in [0.4, 0.5) is 0 Å². The fourth-order valence-electron chi connectivity index (χ4n) is 2.66. The van der Waals surface area contributed by atoms with Crippen molar-refractivity contribution in [2.24, 2.45) is 0 Å². The number of benzene rings is 1. The maximum atomic E-state index is 5.61. The SMILES string of the molecule is S=c1oc(-c2ccc3c(c2)OCO3)nn1CN1CCCC1. The summed E-state index contributed by atoms with van der Waals surface area (Å²) in [5.41, 5.74) is 0.838. The number of hydrogen-bond acceptors (Lipinski definition) is 6. The molecule has 0 unspecified atom stereocenters. The van der Waals surface area contributed by atoms with E-state index in [1.165, 1.54) is 12.8 Å². The standard InChI is InChI=1S/C14H15N3O3S/c21-14-17(8-16-5-1-2-6-16)15-13(20-14)10-3-4-11-12(7-10)19-9-18-11/h3-4,7H,1-2,5-6,8-9H2. The Morgan fingerprint density at radius 2 is 1.95 bits per heavy atom. The van der Waals surface area contributed by atoms with Gasteiger partial charge in [0.1, 0.15) is 0 Å². The van der Waals surface area contributed by atoms with Crippen molar-refractivity contribution in [3.8, 4) is 23.0 Å². The molecule has 0 bridgehead atoms. The minimum absolute atomic E-state index is 0.256. The number of hydrogen-bond donors (Lipinski definition) is 0. The number of ether oxygens (including phenoxy) is 2. The lowest BCUT2D eigenvalue weighted by molar-refractivity contribution is 0.174. The second kappa shape index (κ2) is 5.16. The van der Waals surface area contributed by atoms with Crippen LogP contribution >= 0.6 is 12.2 Å². The molecule has 0 saturated carbocycles. The zero-order valence-corrected chi connectivity index (χ0v) is 12.3. The molecule has 0 amide bonds. The van der Waals surface area contributed by atoms with Gasteiger partial charge in [-0.05, 0) is 56.3 Å². The maximum absolute atomic E-state index is 5.61. The fourth-order valence-corrected chi connectivity index (χ4v) is 2.83. The van der Waals surface area contributed by atoms with Crippen molar-refractivity contribution < 1.29 is 13.9 Å². The van der Waals surface area contributed by atoms with Gasteiger partial charge in [-0.25, -0.2) is 4.68 Å². The third-order valence-corrected chi connectivity index (χ3v) is 4.05. The van der Waals surface area contributed by atoms with E-state index < -0.39 is 0 Å². The number of rotatable bonds is 3. The summed E-state index contributed by atoms with van der Waals surface area (Å²) in [5, 5.41) is 4.48. The summed E-state index contributed by atoms with van der Waals surface area (Å²) in [4.78, 5) is 2.72. The Kier molecular flexibility index (Phi) is 3.16. The molecule has 0 aliphatic carbocycles. The van der Waals surface area contributed by atoms with Crippen LogP contribution in [0.15, 0.2) is 22.6 Å². The predicted octanol–water partition coefficient (Wildman–Crippen LogP) is 2.65. The summed E-state index contributed by atoms with van der Waals surface area (Å²) in [7, 11) is 0. The van der Waals surface area contributed by atoms with Gasteiger partial charge in [-0.15, -0.1) is 5.10 Å². The van der Waals surface area contributed by atoms with Gasteiger partial charge in [-0.3, -0.25) is 4.90 Å². The van der Waals surface area contributed by atoms with Gasteiger partial charge in [-0.2, -0.15) is 0 Å². The largest absolute Gasteiger partial charge is 0.454 e. The first kappa shape index (κ1) is 12.8. The highest BCUT2D eigenvalue weighted by Crippen LogP contribution is 2.35. The average Bonchev–Trinajstić information content (AvgIpc) is 3.20. The van der Waals surface area contributed by atoms with Crippen molar-refractivity contribution in [3.63, 3.8) is 0 Å². The summed E-state index contributed by atoms with van der Waals surface area (Å²) in [5.74, 6) is 1.97. The normalized spacial score (nSPS) is 17.5. The monoisotopic (exact) mass is 305 g/mol. The summed E-state index contributed by atoms with van der Waals surface area (Å²) in [6.07, 6.45) is 2.47. The van der Waals surface area contributed by atoms with E-state index in [-0.39, 0.29) is 6.79 Å². The quantitative estimate of drug-likeness (QED) is 0.813. The zero-order chi connectivity index (χ0) is 14.2. The molecule has 0 atom stereocenters. The highest BCUT2D eigenvalue weighted by molar-refractivity contribution is 7.71. The maximum Gasteiger partial charge on any atom is 0.288 e. The summed E-state index contributed by atoms with van der Waals surface area (Å²) < 4.78 is 18.0. The first-order valence-electron chi connectivity index (χ1n) is 7.00. The topological polar surface area (TPSA) is 52.7 Å². The molecule has 2 aliphatic heterocycles. The van der Waals surface area contributed by atoms with Gasteiger partial charge in [0.2, 0.25) is 12.7 Å². The van der Waals surface area contributed by atoms with Gasteiger partial charge in [0.05, 0.1) is 6.67 Å². The zero-order valence-electron chi connectivity index (χ0n) is 11.4. The Labute approximate surface area is 126 Å². The number of aromatic nitrogens is 2. The van der Waals surface area contributed by atoms with E-state index in [9.17, 15) is 0 Å². The van der Waals surface area contributed by atoms with E-state index in [0.717, 1.165) is 24.4 Å². The van der Waals surface area contributed by atoms with Crippen LogP contribution in [0.5, 0.6) is 11.5 Å². The lowest BCUT2D eigenvalue weighted by atomic mass is 10.2. The molecule has 6 nitrogen and oxygen atoms in total. The second-order valence-electron chi connectivity index (χ2n) is 5.21. The van der Waals surface area contributed by atoms with E-state index in [4.69, 9.17) is 26.1 Å². The van der Waals surface area contributed by atoms with Crippen LogP contribution in [0.3, 0.4) is 0 Å². The number of nitrogens with zero attached hydrogens (tertiary/aromatic N) is 3. The van der Waals surface area contributed by atoms with Crippen LogP contribution in [0.1, 0.15) is 12.8 Å². The molecule has 7 heteroatoms. The van der Waals surface area contributed by atoms with Crippen LogP contribution in [0.25, 0.3) is 11.5 Å². The van der Waals surface area contributed by atoms with E-state index in [1.807, 2.05) is 18.2 Å². The Morgan fingerprint density at radius 3 is 2.81 bits per heavy atom. The molecule has 2 aromatic rings. The van der Waals surface area contributed by atoms with Crippen molar-refractivity contribution in [3.05, 3.63) is 23.0 Å². The lowest BCUT2D eigenvalue weighted by Gasteiger charge is -2.12. The predicted molar refractivity (Wildman–Crippen MR) is 77.7 cm³/mol. The van der Waals surface area contributed by atoms with Gasteiger partial charge in [-0.1, -0.05) is 0 Å². The van der Waals surface area contributed by atoms with Crippen LogP contribution < -0.4 is 9.47 Å². The van der Waals surface area contributed by atoms with Gasteiger partial charge >= 0.3 is 0 Å². The minimum atomic E-state index is 0.256. The van der Waals surface area contributed by atoms with Crippen LogP contribution in [-0.4, -0.2) is 34.6 Å². The van der Waals surface area contributed by atoms with Gasteiger partial charge < -0.3 is 13.9 Å². The highest BCUT2D eigenvalue weighted by Gasteiger charge is 2.18. The molecule has 21 heavy (non-hydrogen) atoms. The van der Waals surface area contributed by atoms with E-state index >= 15 is 0 Å². The number of fused-ring (bicyclic) bond motifs is 1. The summed E-state index contributed by atoms with van der Waals surface area (Å²) in [6, 6.07) is 5.62. The smallest absolute Gasteiger partial charge is 0.288 e. The average molecular weight is 305 g/mol. The molecular formula is C14H15N3O3S. The molecule has 1 aromatic heterocycles. The van der Waals surface area contributed by atoms with Gasteiger partial charge in [0, 0.05) is 5.56 Å². The number of likely N-dealkylation sites (tertiary alicyclic amines) is 1. The molecular weight excluding hydrogens is 290 g/mol. The van der Waals surface area contributed by atoms with Crippen molar-refractivity contribution in [2.45, 2.75) is 19.5 Å². The molecule has 1 fully saturated rings. The Morgan fingerprint density at radius 1 is 1.14 bits per heavy atom. The fraction of sp³-hybridized carbons (Fsp3) is 0.429. The van der Waals surface area contributed by atoms with Crippen LogP contribution in [0, 0.1) is 4.84 Å². The van der Waals surface area contributed by atoms with E-state index in [2.05, 4.69) is 10.00 Å². The third-order valence-electron chi connectivity index (χ3n) is 3.76. The van der Waals surface area contributed by atoms with Crippen LogP contribution in [0.2, 0.25) is 0 Å². The summed E-state index contributed by atoms with van der Waals surface area (Å²) in [6.45, 7) is 3.13. The molecule has 0 spiro atoms. The first-order valence-corrected chi connectivity index (χ1v) is 7.41. The van der Waals surface area contributed by atoms with E-state index in [0.29, 0.717) is 23.1 Å². The lowest BCUT2D eigenvalue weighted by Crippen LogP contribution is -2.23. The molecule has 4 rings (SSSR count). The molecule has 3 heterocycles. The van der Waals surface area contributed by atoms with Crippen molar-refractivity contribution in [1.82, 2.24) is 14.7 Å². The summed E-state index contributed by atoms with van der Waals surface area (Å²) >= 11 is 5.26. The molecule has 0 radical (unpaired) electrons. The Hall–Kier alpha value is -1.86. The second-order valence-corrected chi connectivity index (χ2v) is 5.56. The van der Waals surface area contributed by atoms with Crippen molar-refractivity contribution >= 4 is 12.2 Å². The molecule has 2 aliphatic rings. The molecule has 1 saturated heterocycles. The van der Waals surface area contributed by atoms with Crippen molar-refractivity contribution in [2.75, 3.05) is 19.9 Å². The first-order chi connectivity index (χ1) is 10.3. The van der Waals surface area contributed by atoms with E-state index in [1.54, 1.807) is 4.68 Å². The molecule has 1 aromatic carbocycles. The minimum Gasteiger partial charge on any atom is -0.454 e. The third kappa shape index (κ3) is 2.43. The van der Waals surface area contributed by atoms with Crippen molar-refractivity contribution in [1.29, 1.82) is 0 Å². The van der Waals surface area contributed by atoms with Gasteiger partial charge in [0.25, 0.3) is 4.84 Å². The Balaban J connectivity index is 1.62. The highest BCUT2D eigenvalue weighted by atomic mass is 32.1. The Bertz CT molecular complexity index is 718. The molecule has 0 N–H and O–H groups in total. The van der Waals surface area contributed by atoms with Gasteiger partial charge in [0.15, 0.2) is 11.5 Å². The molecule has 110 valence electrons.